The highest BCUT2D eigenvalue weighted by Crippen LogP contribution is 2.56. The zero-order valence-electron chi connectivity index (χ0n) is 19.3. The maximum atomic E-state index is 6.56. The third-order valence-electron chi connectivity index (χ3n) is 6.37. The van der Waals surface area contributed by atoms with Crippen LogP contribution in [0.25, 0.3) is 11.7 Å². The van der Waals surface area contributed by atoms with Crippen molar-refractivity contribution < 1.29 is 13.6 Å². The van der Waals surface area contributed by atoms with Crippen LogP contribution in [0.15, 0.2) is 118 Å². The van der Waals surface area contributed by atoms with E-state index in [1.165, 1.54) is 15.9 Å². The summed E-state index contributed by atoms with van der Waals surface area (Å²) >= 11 is 0. The first-order valence-electron chi connectivity index (χ1n) is 11.8. The van der Waals surface area contributed by atoms with E-state index in [0.29, 0.717) is 24.9 Å². The van der Waals surface area contributed by atoms with Gasteiger partial charge in [0, 0.05) is 13.1 Å². The number of aromatic nitrogens is 1. The summed E-state index contributed by atoms with van der Waals surface area (Å²) in [5.74, 6) is 1.92. The fourth-order valence-electron chi connectivity index (χ4n) is 4.77. The Morgan fingerprint density at radius 3 is 1.69 bits per heavy atom. The molecule has 0 unspecified atom stereocenters. The van der Waals surface area contributed by atoms with Crippen molar-refractivity contribution in [1.29, 1.82) is 0 Å². The number of oxazole rings is 1. The van der Waals surface area contributed by atoms with Gasteiger partial charge in [-0.3, -0.25) is 0 Å². The molecular weight excluding hydrogens is 455 g/mol. The van der Waals surface area contributed by atoms with E-state index in [-0.39, 0.29) is 0 Å². The van der Waals surface area contributed by atoms with E-state index in [1.54, 1.807) is 6.26 Å². The summed E-state index contributed by atoms with van der Waals surface area (Å²) in [6, 6.07) is 35.9. The van der Waals surface area contributed by atoms with Crippen LogP contribution in [0.1, 0.15) is 0 Å². The second kappa shape index (κ2) is 9.53. The van der Waals surface area contributed by atoms with Crippen LogP contribution in [0, 0.1) is 0 Å². The van der Waals surface area contributed by atoms with Gasteiger partial charge in [-0.15, -0.1) is 0 Å². The van der Waals surface area contributed by atoms with Crippen molar-refractivity contribution in [2.45, 2.75) is 0 Å². The van der Waals surface area contributed by atoms with Crippen LogP contribution < -0.4 is 26.2 Å². The number of anilines is 1. The first-order valence-corrected chi connectivity index (χ1v) is 13.6. The SMILES string of the molecule is c1ccc([P+](c2ccccc2)(c2ccccc2)c2nc(-c3ccco3)oc2N2CCOCC2)cc1. The van der Waals surface area contributed by atoms with Gasteiger partial charge in [-0.1, -0.05) is 54.6 Å². The molecule has 0 bridgehead atoms. The molecule has 174 valence electrons. The molecule has 5 aromatic rings. The Kier molecular flexibility index (Phi) is 5.95. The van der Waals surface area contributed by atoms with Gasteiger partial charge in [0.05, 0.1) is 19.5 Å². The average Bonchev–Trinajstić information content (AvgIpc) is 3.63. The number of hydrogen-bond donors (Lipinski definition) is 0. The van der Waals surface area contributed by atoms with Crippen LogP contribution in [0.4, 0.5) is 5.88 Å². The number of nitrogens with zero attached hydrogens (tertiary/aromatic N) is 2. The van der Waals surface area contributed by atoms with Crippen LogP contribution in [0.5, 0.6) is 0 Å². The van der Waals surface area contributed by atoms with Crippen molar-refractivity contribution in [2.24, 2.45) is 0 Å². The van der Waals surface area contributed by atoms with E-state index in [2.05, 4.69) is 95.9 Å². The molecular formula is C29H26N2O3P+. The monoisotopic (exact) mass is 481 g/mol. The van der Waals surface area contributed by atoms with E-state index >= 15 is 0 Å². The standard InChI is InChI=1S/C29H26N2O3P/c1-4-11-23(12-5-1)35(24-13-6-2-7-14-24,25-15-8-3-9-16-25)28-29(31-18-21-32-22-19-31)34-27(30-28)26-17-10-20-33-26/h1-17,20H,18-19,21-22H2/q+1. The van der Waals surface area contributed by atoms with Gasteiger partial charge in [-0.2, -0.15) is 4.98 Å². The molecule has 0 aliphatic carbocycles. The second-order valence-electron chi connectivity index (χ2n) is 8.40. The van der Waals surface area contributed by atoms with Crippen LogP contribution in [0.2, 0.25) is 0 Å². The van der Waals surface area contributed by atoms with Gasteiger partial charge in [0.2, 0.25) is 0 Å². The van der Waals surface area contributed by atoms with Gasteiger partial charge in [-0.25, -0.2) is 0 Å². The number of ether oxygens (including phenoxy) is 1. The molecule has 1 saturated heterocycles. The average molecular weight is 482 g/mol. The summed E-state index contributed by atoms with van der Waals surface area (Å²) in [7, 11) is -2.42. The Balaban J connectivity index is 1.71. The molecule has 3 heterocycles. The van der Waals surface area contributed by atoms with Gasteiger partial charge in [-0.05, 0) is 48.5 Å². The van der Waals surface area contributed by atoms with Gasteiger partial charge in [0.1, 0.15) is 15.9 Å². The Morgan fingerprint density at radius 2 is 1.20 bits per heavy atom. The Hall–Kier alpha value is -3.66. The summed E-state index contributed by atoms with van der Waals surface area (Å²) in [4.78, 5) is 7.50. The van der Waals surface area contributed by atoms with E-state index in [1.807, 2.05) is 12.1 Å². The van der Waals surface area contributed by atoms with Crippen molar-refractivity contribution in [2.75, 3.05) is 31.2 Å². The Bertz CT molecular complexity index is 1270. The molecule has 0 atom stereocenters. The zero-order valence-corrected chi connectivity index (χ0v) is 20.2. The van der Waals surface area contributed by atoms with Gasteiger partial charge in [0.25, 0.3) is 17.2 Å². The predicted molar refractivity (Wildman–Crippen MR) is 142 cm³/mol. The number of rotatable bonds is 6. The van der Waals surface area contributed by atoms with E-state index in [4.69, 9.17) is 18.6 Å². The lowest BCUT2D eigenvalue weighted by atomic mass is 10.4. The second-order valence-corrected chi connectivity index (χ2v) is 11.7. The largest absolute Gasteiger partial charge is 0.459 e. The molecule has 2 aromatic heterocycles. The number of hydrogen-bond acceptors (Lipinski definition) is 5. The minimum atomic E-state index is -2.42. The van der Waals surface area contributed by atoms with Gasteiger partial charge < -0.3 is 18.5 Å². The lowest BCUT2D eigenvalue weighted by Crippen LogP contribution is -2.44. The molecule has 3 aromatic carbocycles. The number of morpholine rings is 1. The normalized spacial score (nSPS) is 14.2. The van der Waals surface area contributed by atoms with Crippen molar-refractivity contribution >= 4 is 34.5 Å². The lowest BCUT2D eigenvalue weighted by Gasteiger charge is -2.30. The molecule has 0 saturated carbocycles. The van der Waals surface area contributed by atoms with Crippen molar-refractivity contribution in [3.8, 4) is 11.7 Å². The topological polar surface area (TPSA) is 51.6 Å². The van der Waals surface area contributed by atoms with Crippen molar-refractivity contribution in [1.82, 2.24) is 4.98 Å². The quantitative estimate of drug-likeness (QED) is 0.337. The minimum absolute atomic E-state index is 0.499. The Morgan fingerprint density at radius 1 is 0.657 bits per heavy atom. The fourth-order valence-corrected chi connectivity index (χ4v) is 8.97. The third-order valence-corrected chi connectivity index (χ3v) is 10.5. The number of benzene rings is 3. The summed E-state index contributed by atoms with van der Waals surface area (Å²) in [6.45, 7) is 2.81. The van der Waals surface area contributed by atoms with Crippen molar-refractivity contribution in [3.63, 3.8) is 0 Å². The summed E-state index contributed by atoms with van der Waals surface area (Å²) in [5, 5.41) is 3.68. The van der Waals surface area contributed by atoms with Crippen LogP contribution in [-0.4, -0.2) is 31.3 Å². The number of furan rings is 1. The summed E-state index contributed by atoms with van der Waals surface area (Å²) < 4.78 is 17.9. The van der Waals surface area contributed by atoms with Crippen LogP contribution >= 0.6 is 7.26 Å². The highest BCUT2D eigenvalue weighted by atomic mass is 31.2. The molecule has 1 aliphatic rings. The molecule has 0 spiro atoms. The molecule has 6 heteroatoms. The molecule has 0 N–H and O–H groups in total. The summed E-state index contributed by atoms with van der Waals surface area (Å²) in [6.07, 6.45) is 1.65. The molecule has 0 radical (unpaired) electrons. The lowest BCUT2D eigenvalue weighted by molar-refractivity contribution is 0.121. The van der Waals surface area contributed by atoms with Gasteiger partial charge in [0.15, 0.2) is 13.0 Å². The zero-order chi connectivity index (χ0) is 23.5. The van der Waals surface area contributed by atoms with Crippen LogP contribution in [0.3, 0.4) is 0 Å². The molecule has 1 aliphatic heterocycles. The molecule has 6 rings (SSSR count). The smallest absolute Gasteiger partial charge is 0.268 e. The molecule has 1 fully saturated rings. The van der Waals surface area contributed by atoms with E-state index in [9.17, 15) is 0 Å². The Labute approximate surface area is 205 Å². The molecule has 5 nitrogen and oxygen atoms in total. The van der Waals surface area contributed by atoms with Crippen molar-refractivity contribution in [3.05, 3.63) is 109 Å². The molecule has 0 amide bonds. The fraction of sp³-hybridized carbons (Fsp3) is 0.138. The summed E-state index contributed by atoms with van der Waals surface area (Å²) in [5.41, 5.74) is 0.953. The third kappa shape index (κ3) is 3.87. The maximum absolute atomic E-state index is 6.56. The van der Waals surface area contributed by atoms with Crippen LogP contribution in [-0.2, 0) is 4.74 Å². The van der Waals surface area contributed by atoms with Gasteiger partial charge >= 0.3 is 0 Å². The highest BCUT2D eigenvalue weighted by Gasteiger charge is 2.53. The first-order chi connectivity index (χ1) is 17.4. The molecule has 35 heavy (non-hydrogen) atoms. The van der Waals surface area contributed by atoms with E-state index < -0.39 is 7.26 Å². The maximum Gasteiger partial charge on any atom is 0.268 e. The van der Waals surface area contributed by atoms with E-state index in [0.717, 1.165) is 24.4 Å². The minimum Gasteiger partial charge on any atom is -0.459 e. The first kappa shape index (κ1) is 21.8. The predicted octanol–water partition coefficient (Wildman–Crippen LogP) is 4.39. The highest BCUT2D eigenvalue weighted by molar-refractivity contribution is 8.01.